The van der Waals surface area contributed by atoms with Crippen LogP contribution in [-0.2, 0) is 14.8 Å². The molecule has 0 heterocycles. The van der Waals surface area contributed by atoms with E-state index < -0.39 is 33.2 Å². The first-order valence-corrected chi connectivity index (χ1v) is 9.27. The van der Waals surface area contributed by atoms with Crippen molar-refractivity contribution in [2.45, 2.75) is 0 Å². The zero-order valence-electron chi connectivity index (χ0n) is 13.3. The number of anilines is 2. The summed E-state index contributed by atoms with van der Waals surface area (Å²) in [6.45, 7) is -0.665. The fourth-order valence-electron chi connectivity index (χ4n) is 2.07. The molecule has 0 spiro atoms. The van der Waals surface area contributed by atoms with E-state index in [-0.39, 0.29) is 22.1 Å². The first-order chi connectivity index (χ1) is 12.1. The maximum atomic E-state index is 13.4. The van der Waals surface area contributed by atoms with Gasteiger partial charge in [0, 0.05) is 12.1 Å². The van der Waals surface area contributed by atoms with Gasteiger partial charge < -0.3 is 5.32 Å². The van der Waals surface area contributed by atoms with Gasteiger partial charge in [-0.2, -0.15) is 0 Å². The second-order valence-electron chi connectivity index (χ2n) is 5.22. The smallest absolute Gasteiger partial charge is 0.271 e. The minimum atomic E-state index is -3.89. The van der Waals surface area contributed by atoms with Gasteiger partial charge in [0.05, 0.1) is 27.6 Å². The molecule has 0 unspecified atom stereocenters. The minimum Gasteiger partial charge on any atom is -0.323 e. The van der Waals surface area contributed by atoms with Crippen LogP contribution in [0.1, 0.15) is 0 Å². The van der Waals surface area contributed by atoms with Crippen LogP contribution in [0.25, 0.3) is 0 Å². The third-order valence-corrected chi connectivity index (χ3v) is 4.69. The maximum Gasteiger partial charge on any atom is 0.271 e. The molecule has 0 aliphatic carbocycles. The van der Waals surface area contributed by atoms with Crippen molar-refractivity contribution < 1.29 is 22.5 Å². The van der Waals surface area contributed by atoms with Crippen LogP contribution in [0.4, 0.5) is 21.5 Å². The number of rotatable bonds is 6. The molecule has 2 rings (SSSR count). The third kappa shape index (κ3) is 4.90. The van der Waals surface area contributed by atoms with Gasteiger partial charge in [0.2, 0.25) is 15.9 Å². The molecule has 2 aromatic carbocycles. The van der Waals surface area contributed by atoms with Crippen LogP contribution in [0.3, 0.4) is 0 Å². The highest BCUT2D eigenvalue weighted by Crippen LogP contribution is 2.27. The Morgan fingerprint density at radius 1 is 1.31 bits per heavy atom. The predicted octanol–water partition coefficient (Wildman–Crippen LogP) is 2.79. The molecule has 0 saturated carbocycles. The Balaban J connectivity index is 2.26. The van der Waals surface area contributed by atoms with E-state index in [2.05, 4.69) is 5.32 Å². The fourth-order valence-corrected chi connectivity index (χ4v) is 3.09. The van der Waals surface area contributed by atoms with E-state index in [1.165, 1.54) is 18.2 Å². The van der Waals surface area contributed by atoms with Gasteiger partial charge in [0.1, 0.15) is 12.4 Å². The average Bonchev–Trinajstić information content (AvgIpc) is 2.53. The van der Waals surface area contributed by atoms with E-state index >= 15 is 0 Å². The molecule has 0 aliphatic heterocycles. The number of nitrogens with one attached hydrogen (secondary N) is 1. The number of hydrogen-bond acceptors (Lipinski definition) is 5. The molecule has 0 atom stereocenters. The Kier molecular flexibility index (Phi) is 5.78. The summed E-state index contributed by atoms with van der Waals surface area (Å²) in [5, 5.41) is 13.2. The summed E-state index contributed by atoms with van der Waals surface area (Å²) in [5.74, 6) is -1.47. The lowest BCUT2D eigenvalue weighted by molar-refractivity contribution is -0.384. The van der Waals surface area contributed by atoms with E-state index in [1.807, 2.05) is 0 Å². The molecule has 26 heavy (non-hydrogen) atoms. The van der Waals surface area contributed by atoms with Crippen LogP contribution in [0, 0.1) is 15.9 Å². The summed E-state index contributed by atoms with van der Waals surface area (Å²) in [6, 6.07) is 8.18. The van der Waals surface area contributed by atoms with Crippen molar-refractivity contribution in [3.63, 3.8) is 0 Å². The van der Waals surface area contributed by atoms with Crippen LogP contribution in [0.15, 0.2) is 42.5 Å². The predicted molar refractivity (Wildman–Crippen MR) is 95.3 cm³/mol. The first-order valence-electron chi connectivity index (χ1n) is 7.05. The van der Waals surface area contributed by atoms with Crippen molar-refractivity contribution >= 4 is 44.6 Å². The molecule has 0 aromatic heterocycles. The number of non-ortho nitro benzene ring substituents is 1. The summed E-state index contributed by atoms with van der Waals surface area (Å²) < 4.78 is 38.0. The molecule has 0 saturated heterocycles. The number of carbonyl (C=O) groups excluding carboxylic acids is 1. The third-order valence-electron chi connectivity index (χ3n) is 3.22. The Bertz CT molecular complexity index is 968. The summed E-state index contributed by atoms with van der Waals surface area (Å²) >= 11 is 5.89. The molecule has 138 valence electrons. The van der Waals surface area contributed by atoms with Gasteiger partial charge in [0.15, 0.2) is 0 Å². The van der Waals surface area contributed by atoms with Crippen molar-refractivity contribution in [2.24, 2.45) is 0 Å². The van der Waals surface area contributed by atoms with Gasteiger partial charge in [0.25, 0.3) is 5.69 Å². The zero-order chi connectivity index (χ0) is 19.5. The molecule has 1 N–H and O–H groups in total. The summed E-state index contributed by atoms with van der Waals surface area (Å²) in [5.41, 5.74) is -0.374. The molecule has 8 nitrogen and oxygen atoms in total. The van der Waals surface area contributed by atoms with Crippen LogP contribution in [0.2, 0.25) is 5.02 Å². The number of benzene rings is 2. The molecule has 0 fully saturated rings. The van der Waals surface area contributed by atoms with Gasteiger partial charge in [-0.3, -0.25) is 19.2 Å². The van der Waals surface area contributed by atoms with Gasteiger partial charge in [-0.15, -0.1) is 0 Å². The normalized spacial score (nSPS) is 11.0. The Labute approximate surface area is 153 Å². The molecule has 2 aromatic rings. The van der Waals surface area contributed by atoms with Crippen LogP contribution in [0.5, 0.6) is 0 Å². The lowest BCUT2D eigenvalue weighted by Gasteiger charge is -2.22. The van der Waals surface area contributed by atoms with Crippen LogP contribution >= 0.6 is 11.6 Å². The second kappa shape index (κ2) is 7.67. The number of nitrogens with zero attached hydrogens (tertiary/aromatic N) is 2. The number of hydrogen-bond donors (Lipinski definition) is 1. The Morgan fingerprint density at radius 3 is 2.58 bits per heavy atom. The van der Waals surface area contributed by atoms with E-state index in [9.17, 15) is 27.7 Å². The van der Waals surface area contributed by atoms with E-state index in [0.29, 0.717) is 4.31 Å². The SMILES string of the molecule is CS(=O)(=O)N(CC(=O)Nc1cc([N+](=O)[O-])ccc1Cl)c1cccc(F)c1. The molecular weight excluding hydrogens is 389 g/mol. The monoisotopic (exact) mass is 401 g/mol. The topological polar surface area (TPSA) is 110 Å². The molecule has 0 radical (unpaired) electrons. The van der Waals surface area contributed by atoms with Crippen molar-refractivity contribution in [1.82, 2.24) is 0 Å². The Hall–Kier alpha value is -2.72. The number of amides is 1. The molecule has 1 amide bonds. The molecule has 0 bridgehead atoms. The van der Waals surface area contributed by atoms with Crippen molar-refractivity contribution in [3.8, 4) is 0 Å². The van der Waals surface area contributed by atoms with Crippen molar-refractivity contribution in [3.05, 3.63) is 63.4 Å². The summed E-state index contributed by atoms with van der Waals surface area (Å²) in [6.07, 6.45) is 0.867. The lowest BCUT2D eigenvalue weighted by Crippen LogP contribution is -2.37. The summed E-state index contributed by atoms with van der Waals surface area (Å²) in [7, 11) is -3.89. The Morgan fingerprint density at radius 2 is 2.00 bits per heavy atom. The summed E-state index contributed by atoms with van der Waals surface area (Å²) in [4.78, 5) is 22.4. The van der Waals surface area contributed by atoms with Crippen molar-refractivity contribution in [2.75, 3.05) is 22.4 Å². The highest BCUT2D eigenvalue weighted by Gasteiger charge is 2.22. The highest BCUT2D eigenvalue weighted by molar-refractivity contribution is 7.92. The average molecular weight is 402 g/mol. The highest BCUT2D eigenvalue weighted by atomic mass is 35.5. The van der Waals surface area contributed by atoms with E-state index in [1.54, 1.807) is 0 Å². The lowest BCUT2D eigenvalue weighted by atomic mass is 10.2. The van der Waals surface area contributed by atoms with Crippen LogP contribution < -0.4 is 9.62 Å². The number of nitro groups is 1. The van der Waals surface area contributed by atoms with Crippen molar-refractivity contribution in [1.29, 1.82) is 0 Å². The molecule has 11 heteroatoms. The quantitative estimate of drug-likeness (QED) is 0.591. The number of sulfonamides is 1. The van der Waals surface area contributed by atoms with Gasteiger partial charge in [-0.1, -0.05) is 17.7 Å². The number of carbonyl (C=O) groups is 1. The second-order valence-corrected chi connectivity index (χ2v) is 7.53. The van der Waals surface area contributed by atoms with Gasteiger partial charge in [-0.25, -0.2) is 12.8 Å². The number of nitro benzene ring substituents is 1. The first kappa shape index (κ1) is 19.6. The van der Waals surface area contributed by atoms with Gasteiger partial charge >= 0.3 is 0 Å². The van der Waals surface area contributed by atoms with E-state index in [0.717, 1.165) is 30.5 Å². The molecular formula is C15H13ClFN3O5S. The maximum absolute atomic E-state index is 13.4. The standard InChI is InChI=1S/C15H13ClFN3O5S/c1-26(24,25)19(11-4-2-3-10(17)7-11)9-15(21)18-14-8-12(20(22)23)5-6-13(14)16/h2-8H,9H2,1H3,(H,18,21). The zero-order valence-corrected chi connectivity index (χ0v) is 14.9. The fraction of sp³-hybridized carbons (Fsp3) is 0.133. The van der Waals surface area contributed by atoms with Gasteiger partial charge in [-0.05, 0) is 24.3 Å². The molecule has 0 aliphatic rings. The van der Waals surface area contributed by atoms with E-state index in [4.69, 9.17) is 11.6 Å². The van der Waals surface area contributed by atoms with Crippen LogP contribution in [-0.4, -0.2) is 32.0 Å². The largest absolute Gasteiger partial charge is 0.323 e. The number of halogens is 2. The minimum absolute atomic E-state index is 0.0345.